The van der Waals surface area contributed by atoms with Gasteiger partial charge >= 0.3 is 0 Å². The third kappa shape index (κ3) is 9.67. The monoisotopic (exact) mass is 428 g/mol. The zero-order chi connectivity index (χ0) is 20.8. The molecule has 154 valence electrons. The Morgan fingerprint density at radius 3 is 1.64 bits per heavy atom. The molecule has 0 bridgehead atoms. The first-order valence-corrected chi connectivity index (χ1v) is 9.78. The molecule has 2 amide bonds. The first kappa shape index (κ1) is 23.9. The molecule has 0 spiro atoms. The number of rotatable bonds is 14. The molecule has 1 rings (SSSR count). The molecule has 28 heavy (non-hydrogen) atoms. The molecular weight excluding hydrogens is 403 g/mol. The molecule has 0 heterocycles. The van der Waals surface area contributed by atoms with Gasteiger partial charge in [-0.3, -0.25) is 9.59 Å². The molecule has 6 nitrogen and oxygen atoms in total. The molecule has 0 aromatic heterocycles. The minimum absolute atomic E-state index is 0.188. The van der Waals surface area contributed by atoms with Crippen molar-refractivity contribution >= 4 is 35.0 Å². The molecule has 0 saturated heterocycles. The second-order valence-corrected chi connectivity index (χ2v) is 6.63. The number of carbonyl (C=O) groups excluding carboxylic acids is 2. The van der Waals surface area contributed by atoms with Gasteiger partial charge in [0.05, 0.1) is 23.3 Å². The van der Waals surface area contributed by atoms with Crippen molar-refractivity contribution in [2.75, 3.05) is 26.3 Å². The summed E-state index contributed by atoms with van der Waals surface area (Å²) in [5.41, 5.74) is 0. The number of hydrogen-bond acceptors (Lipinski definition) is 4. The van der Waals surface area contributed by atoms with Crippen LogP contribution in [-0.4, -0.2) is 38.1 Å². The van der Waals surface area contributed by atoms with Crippen LogP contribution in [0.1, 0.15) is 25.7 Å². The highest BCUT2D eigenvalue weighted by Gasteiger charge is 2.10. The summed E-state index contributed by atoms with van der Waals surface area (Å²) in [4.78, 5) is 22.1. The van der Waals surface area contributed by atoms with E-state index in [1.807, 2.05) is 0 Å². The van der Waals surface area contributed by atoms with E-state index in [0.717, 1.165) is 25.7 Å². The molecular formula is C20H26Cl2N2O4. The lowest BCUT2D eigenvalue weighted by atomic mass is 10.3. The SMILES string of the molecule is C=CC(=O)NCCCCOc1cc(OCCCCNC(=O)C=C)c(Cl)cc1Cl. The Bertz CT molecular complexity index is 627. The maximum Gasteiger partial charge on any atom is 0.243 e. The van der Waals surface area contributed by atoms with Crippen LogP contribution < -0.4 is 20.1 Å². The van der Waals surface area contributed by atoms with Crippen molar-refractivity contribution in [3.05, 3.63) is 47.5 Å². The van der Waals surface area contributed by atoms with Gasteiger partial charge in [-0.1, -0.05) is 36.4 Å². The van der Waals surface area contributed by atoms with Crippen molar-refractivity contribution in [2.24, 2.45) is 0 Å². The lowest BCUT2D eigenvalue weighted by Gasteiger charge is -2.13. The molecule has 0 aliphatic heterocycles. The fraction of sp³-hybridized carbons (Fsp3) is 0.400. The summed E-state index contributed by atoms with van der Waals surface area (Å²) < 4.78 is 11.4. The van der Waals surface area contributed by atoms with Gasteiger partial charge in [-0.05, 0) is 43.9 Å². The number of hydrogen-bond donors (Lipinski definition) is 2. The Kier molecular flexibility index (Phi) is 11.9. The van der Waals surface area contributed by atoms with E-state index in [-0.39, 0.29) is 11.8 Å². The predicted molar refractivity (Wildman–Crippen MR) is 112 cm³/mol. The average Bonchev–Trinajstić information content (AvgIpc) is 2.69. The van der Waals surface area contributed by atoms with Crippen LogP contribution in [0.25, 0.3) is 0 Å². The zero-order valence-electron chi connectivity index (χ0n) is 15.8. The van der Waals surface area contributed by atoms with Crippen molar-refractivity contribution in [3.8, 4) is 11.5 Å². The number of ether oxygens (including phenoxy) is 2. The molecule has 0 saturated carbocycles. The highest BCUT2D eigenvalue weighted by molar-refractivity contribution is 6.36. The Balaban J connectivity index is 2.35. The summed E-state index contributed by atoms with van der Waals surface area (Å²) in [5, 5.41) is 6.22. The molecule has 2 N–H and O–H groups in total. The van der Waals surface area contributed by atoms with Crippen molar-refractivity contribution in [2.45, 2.75) is 25.7 Å². The third-order valence-corrected chi connectivity index (χ3v) is 4.20. The number of halogens is 2. The maximum atomic E-state index is 11.0. The van der Waals surface area contributed by atoms with Crippen LogP contribution in [0, 0.1) is 0 Å². The lowest BCUT2D eigenvalue weighted by Crippen LogP contribution is -2.22. The first-order valence-electron chi connectivity index (χ1n) is 9.03. The predicted octanol–water partition coefficient (Wildman–Crippen LogP) is 3.92. The van der Waals surface area contributed by atoms with Gasteiger partial charge in [0.1, 0.15) is 11.5 Å². The van der Waals surface area contributed by atoms with E-state index in [2.05, 4.69) is 23.8 Å². The Labute approximate surface area is 175 Å². The maximum absolute atomic E-state index is 11.0. The molecule has 1 aromatic rings. The summed E-state index contributed by atoms with van der Waals surface area (Å²) in [6.07, 6.45) is 5.53. The molecule has 0 unspecified atom stereocenters. The fourth-order valence-corrected chi connectivity index (χ4v) is 2.61. The minimum Gasteiger partial charge on any atom is -0.492 e. The van der Waals surface area contributed by atoms with Crippen LogP contribution >= 0.6 is 23.2 Å². The standard InChI is InChI=1S/C20H26Cl2N2O4/c1-3-19(25)23-9-5-7-11-27-17-14-18(16(22)13-15(17)21)28-12-8-6-10-24-20(26)4-2/h3-4,13-14H,1-2,5-12H2,(H,23,25)(H,24,26). The quantitative estimate of drug-likeness (QED) is 0.347. The van der Waals surface area contributed by atoms with Gasteiger partial charge in [-0.15, -0.1) is 0 Å². The molecule has 0 aliphatic carbocycles. The van der Waals surface area contributed by atoms with Gasteiger partial charge in [-0.2, -0.15) is 0 Å². The topological polar surface area (TPSA) is 76.7 Å². The third-order valence-electron chi connectivity index (χ3n) is 3.61. The number of benzene rings is 1. The number of carbonyl (C=O) groups is 2. The van der Waals surface area contributed by atoms with Crippen LogP contribution in [0.5, 0.6) is 11.5 Å². The van der Waals surface area contributed by atoms with Crippen LogP contribution in [-0.2, 0) is 9.59 Å². The highest BCUT2D eigenvalue weighted by atomic mass is 35.5. The van der Waals surface area contributed by atoms with E-state index < -0.39 is 0 Å². The second-order valence-electron chi connectivity index (χ2n) is 5.81. The summed E-state index contributed by atoms with van der Waals surface area (Å²) in [7, 11) is 0. The van der Waals surface area contributed by atoms with Gasteiger partial charge in [-0.25, -0.2) is 0 Å². The number of unbranched alkanes of at least 4 members (excludes halogenated alkanes) is 2. The Morgan fingerprint density at radius 2 is 1.25 bits per heavy atom. The van der Waals surface area contributed by atoms with Gasteiger partial charge in [0, 0.05) is 19.2 Å². The van der Waals surface area contributed by atoms with E-state index in [4.69, 9.17) is 32.7 Å². The fourth-order valence-electron chi connectivity index (χ4n) is 2.12. The van der Waals surface area contributed by atoms with Crippen molar-refractivity contribution in [1.82, 2.24) is 10.6 Å². The molecule has 0 radical (unpaired) electrons. The Hall–Kier alpha value is -2.18. The molecule has 0 aliphatic rings. The molecule has 0 fully saturated rings. The highest BCUT2D eigenvalue weighted by Crippen LogP contribution is 2.36. The molecule has 1 aromatic carbocycles. The summed E-state index contributed by atoms with van der Waals surface area (Å²) in [6, 6.07) is 3.26. The average molecular weight is 429 g/mol. The summed E-state index contributed by atoms with van der Waals surface area (Å²) >= 11 is 12.3. The normalized spacial score (nSPS) is 10.1. The zero-order valence-corrected chi connectivity index (χ0v) is 17.3. The van der Waals surface area contributed by atoms with Gasteiger partial charge in [0.15, 0.2) is 0 Å². The number of nitrogens with one attached hydrogen (secondary N) is 2. The van der Waals surface area contributed by atoms with Crippen molar-refractivity contribution in [1.29, 1.82) is 0 Å². The first-order chi connectivity index (χ1) is 13.5. The summed E-state index contributed by atoms with van der Waals surface area (Å²) in [6.45, 7) is 8.81. The van der Waals surface area contributed by atoms with Gasteiger partial charge < -0.3 is 20.1 Å². The van der Waals surface area contributed by atoms with Gasteiger partial charge in [0.2, 0.25) is 11.8 Å². The van der Waals surface area contributed by atoms with Crippen molar-refractivity contribution < 1.29 is 19.1 Å². The van der Waals surface area contributed by atoms with E-state index in [1.54, 1.807) is 12.1 Å². The smallest absolute Gasteiger partial charge is 0.243 e. The van der Waals surface area contributed by atoms with Crippen LogP contribution in [0.3, 0.4) is 0 Å². The van der Waals surface area contributed by atoms with E-state index in [9.17, 15) is 9.59 Å². The van der Waals surface area contributed by atoms with Crippen LogP contribution in [0.15, 0.2) is 37.4 Å². The summed E-state index contributed by atoms with van der Waals surface area (Å²) in [5.74, 6) is 0.613. The van der Waals surface area contributed by atoms with E-state index in [0.29, 0.717) is 47.8 Å². The molecule has 8 heteroatoms. The van der Waals surface area contributed by atoms with Crippen molar-refractivity contribution in [3.63, 3.8) is 0 Å². The largest absolute Gasteiger partial charge is 0.492 e. The van der Waals surface area contributed by atoms with Gasteiger partial charge in [0.25, 0.3) is 0 Å². The van der Waals surface area contributed by atoms with E-state index in [1.165, 1.54) is 12.2 Å². The minimum atomic E-state index is -0.188. The molecule has 0 atom stereocenters. The van der Waals surface area contributed by atoms with E-state index >= 15 is 0 Å². The lowest BCUT2D eigenvalue weighted by molar-refractivity contribution is -0.117. The van der Waals surface area contributed by atoms with Crippen LogP contribution in [0.2, 0.25) is 10.0 Å². The van der Waals surface area contributed by atoms with Crippen LogP contribution in [0.4, 0.5) is 0 Å². The number of amides is 2. The Morgan fingerprint density at radius 1 is 0.821 bits per heavy atom. The second kappa shape index (κ2) is 13.9.